The largest absolute Gasteiger partial charge is 0.352 e. The topological polar surface area (TPSA) is 53.9 Å². The number of hydrogen-bond donors (Lipinski definition) is 1. The lowest BCUT2D eigenvalue weighted by atomic mass is 10.1. The second-order valence-electron chi connectivity index (χ2n) is 5.45. The molecule has 0 radical (unpaired) electrons. The Hall–Kier alpha value is -2.01. The van der Waals surface area contributed by atoms with Crippen LogP contribution >= 0.6 is 0 Å². The van der Waals surface area contributed by atoms with E-state index in [0.29, 0.717) is 5.82 Å². The average Bonchev–Trinajstić information content (AvgIpc) is 2.57. The van der Waals surface area contributed by atoms with Gasteiger partial charge in [-0.15, -0.1) is 10.2 Å². The van der Waals surface area contributed by atoms with Crippen molar-refractivity contribution in [2.45, 2.75) is 32.4 Å². The number of piperidine rings is 1. The number of rotatable bonds is 4. The minimum absolute atomic E-state index is 0.268. The maximum absolute atomic E-state index is 4.39. The van der Waals surface area contributed by atoms with Crippen molar-refractivity contribution in [3.8, 4) is 11.4 Å². The van der Waals surface area contributed by atoms with Gasteiger partial charge in [-0.3, -0.25) is 4.90 Å². The molecule has 1 fully saturated rings. The van der Waals surface area contributed by atoms with Gasteiger partial charge in [0.15, 0.2) is 11.6 Å². The highest BCUT2D eigenvalue weighted by Gasteiger charge is 2.16. The van der Waals surface area contributed by atoms with E-state index in [9.17, 15) is 0 Å². The number of anilines is 1. The van der Waals surface area contributed by atoms with Gasteiger partial charge in [-0.25, -0.2) is 4.98 Å². The highest BCUT2D eigenvalue weighted by Crippen LogP contribution is 2.15. The number of nitrogens with one attached hydrogen (secondary N) is 1. The van der Waals surface area contributed by atoms with Crippen LogP contribution in [0.1, 0.15) is 26.2 Å². The van der Waals surface area contributed by atoms with Crippen LogP contribution in [0.25, 0.3) is 11.4 Å². The van der Waals surface area contributed by atoms with Gasteiger partial charge >= 0.3 is 0 Å². The van der Waals surface area contributed by atoms with Gasteiger partial charge in [0.25, 0.3) is 0 Å². The van der Waals surface area contributed by atoms with E-state index in [2.05, 4.69) is 32.3 Å². The zero-order chi connectivity index (χ0) is 14.5. The smallest absolute Gasteiger partial charge is 0.181 e. The molecular weight excluding hydrogens is 262 g/mol. The molecule has 1 aliphatic rings. The summed E-state index contributed by atoms with van der Waals surface area (Å²) in [4.78, 5) is 6.83. The van der Waals surface area contributed by atoms with Gasteiger partial charge in [0.2, 0.25) is 0 Å². The molecule has 2 aromatic rings. The summed E-state index contributed by atoms with van der Waals surface area (Å²) in [6, 6.07) is 9.90. The molecule has 1 saturated heterocycles. The lowest BCUT2D eigenvalue weighted by Gasteiger charge is -2.32. The second-order valence-corrected chi connectivity index (χ2v) is 5.45. The van der Waals surface area contributed by atoms with Crippen molar-refractivity contribution in [1.29, 1.82) is 0 Å². The molecule has 0 bridgehead atoms. The van der Waals surface area contributed by atoms with Crippen molar-refractivity contribution in [2.24, 2.45) is 0 Å². The summed E-state index contributed by atoms with van der Waals surface area (Å²) in [5.41, 5.74) is 0.987. The van der Waals surface area contributed by atoms with E-state index < -0.39 is 0 Å². The molecule has 1 unspecified atom stereocenters. The van der Waals surface area contributed by atoms with Gasteiger partial charge < -0.3 is 5.32 Å². The predicted octanol–water partition coefficient (Wildman–Crippen LogP) is 2.78. The zero-order valence-electron chi connectivity index (χ0n) is 12.4. The van der Waals surface area contributed by atoms with E-state index >= 15 is 0 Å². The molecule has 1 aromatic heterocycles. The molecule has 3 rings (SSSR count). The van der Waals surface area contributed by atoms with Gasteiger partial charge in [0, 0.05) is 18.7 Å². The molecule has 0 aliphatic carbocycles. The Balaban J connectivity index is 1.64. The Morgan fingerprint density at radius 1 is 1.05 bits per heavy atom. The number of aromatic nitrogens is 3. The van der Waals surface area contributed by atoms with Gasteiger partial charge in [-0.05, 0) is 19.8 Å². The van der Waals surface area contributed by atoms with Crippen molar-refractivity contribution in [3.05, 3.63) is 36.5 Å². The number of hydrogen-bond acceptors (Lipinski definition) is 5. The average molecular weight is 283 g/mol. The fourth-order valence-electron chi connectivity index (χ4n) is 2.67. The summed E-state index contributed by atoms with van der Waals surface area (Å²) in [6.45, 7) is 4.46. The fourth-order valence-corrected chi connectivity index (χ4v) is 2.67. The van der Waals surface area contributed by atoms with E-state index in [-0.39, 0.29) is 6.17 Å². The Morgan fingerprint density at radius 2 is 1.81 bits per heavy atom. The summed E-state index contributed by atoms with van der Waals surface area (Å²) in [5.74, 6) is 1.39. The number of benzene rings is 1. The minimum Gasteiger partial charge on any atom is -0.352 e. The summed E-state index contributed by atoms with van der Waals surface area (Å²) in [6.07, 6.45) is 5.93. The van der Waals surface area contributed by atoms with E-state index in [1.165, 1.54) is 19.3 Å². The highest BCUT2D eigenvalue weighted by atomic mass is 15.3. The standard InChI is InChI=1S/C16H21N5/c1-13(21-10-6-3-7-11-21)18-15-12-17-16(20-19-15)14-8-4-2-5-9-14/h2,4-5,8-9,12-13H,3,6-7,10-11H2,1H3,(H,18,19). The van der Waals surface area contributed by atoms with E-state index in [4.69, 9.17) is 0 Å². The SMILES string of the molecule is CC(Nc1cnc(-c2ccccc2)nn1)N1CCCCC1. The summed E-state index contributed by atoms with van der Waals surface area (Å²) in [7, 11) is 0. The van der Waals surface area contributed by atoms with Gasteiger partial charge in [-0.2, -0.15) is 0 Å². The summed E-state index contributed by atoms with van der Waals surface area (Å²) in [5, 5.41) is 11.8. The van der Waals surface area contributed by atoms with Gasteiger partial charge in [-0.1, -0.05) is 36.8 Å². The second kappa shape index (κ2) is 6.63. The molecule has 110 valence electrons. The first-order chi connectivity index (χ1) is 10.3. The Morgan fingerprint density at radius 3 is 2.48 bits per heavy atom. The third-order valence-electron chi connectivity index (χ3n) is 3.89. The third kappa shape index (κ3) is 3.55. The summed E-state index contributed by atoms with van der Waals surface area (Å²) >= 11 is 0. The van der Waals surface area contributed by atoms with E-state index in [1.54, 1.807) is 6.20 Å². The van der Waals surface area contributed by atoms with Crippen molar-refractivity contribution < 1.29 is 0 Å². The quantitative estimate of drug-likeness (QED) is 0.935. The van der Waals surface area contributed by atoms with Crippen LogP contribution in [0.5, 0.6) is 0 Å². The molecule has 1 N–H and O–H groups in total. The maximum Gasteiger partial charge on any atom is 0.181 e. The van der Waals surface area contributed by atoms with Gasteiger partial charge in [0.1, 0.15) is 0 Å². The zero-order valence-corrected chi connectivity index (χ0v) is 12.4. The molecule has 0 amide bonds. The first kappa shape index (κ1) is 13.9. The Labute approximate surface area is 125 Å². The molecule has 5 nitrogen and oxygen atoms in total. The molecule has 5 heteroatoms. The van der Waals surface area contributed by atoms with Crippen LogP contribution in [0.2, 0.25) is 0 Å². The molecule has 2 heterocycles. The molecule has 21 heavy (non-hydrogen) atoms. The summed E-state index contributed by atoms with van der Waals surface area (Å²) < 4.78 is 0. The van der Waals surface area contributed by atoms with Crippen molar-refractivity contribution in [3.63, 3.8) is 0 Å². The normalized spacial score (nSPS) is 17.4. The van der Waals surface area contributed by atoms with Crippen LogP contribution in [-0.4, -0.2) is 39.3 Å². The molecule has 0 spiro atoms. The minimum atomic E-state index is 0.268. The molecule has 1 aliphatic heterocycles. The first-order valence-electron chi connectivity index (χ1n) is 7.59. The van der Waals surface area contributed by atoms with Crippen LogP contribution in [0.3, 0.4) is 0 Å². The van der Waals surface area contributed by atoms with Crippen LogP contribution in [0, 0.1) is 0 Å². The Kier molecular flexibility index (Phi) is 4.40. The van der Waals surface area contributed by atoms with Crippen LogP contribution in [-0.2, 0) is 0 Å². The van der Waals surface area contributed by atoms with Crippen LogP contribution in [0.15, 0.2) is 36.5 Å². The molecular formula is C16H21N5. The first-order valence-corrected chi connectivity index (χ1v) is 7.59. The fraction of sp³-hybridized carbons (Fsp3) is 0.438. The number of nitrogens with zero attached hydrogens (tertiary/aromatic N) is 4. The number of likely N-dealkylation sites (tertiary alicyclic amines) is 1. The third-order valence-corrected chi connectivity index (χ3v) is 3.89. The molecule has 0 saturated carbocycles. The lowest BCUT2D eigenvalue weighted by molar-refractivity contribution is 0.189. The van der Waals surface area contributed by atoms with Crippen molar-refractivity contribution in [1.82, 2.24) is 20.1 Å². The van der Waals surface area contributed by atoms with E-state index in [1.807, 2.05) is 30.3 Å². The van der Waals surface area contributed by atoms with Crippen LogP contribution in [0.4, 0.5) is 5.82 Å². The Bertz CT molecular complexity index is 549. The van der Waals surface area contributed by atoms with Gasteiger partial charge in [0.05, 0.1) is 12.4 Å². The highest BCUT2D eigenvalue weighted by molar-refractivity contribution is 5.54. The van der Waals surface area contributed by atoms with Crippen LogP contribution < -0.4 is 5.32 Å². The monoisotopic (exact) mass is 283 g/mol. The maximum atomic E-state index is 4.39. The predicted molar refractivity (Wildman–Crippen MR) is 83.8 cm³/mol. The van der Waals surface area contributed by atoms with Crippen molar-refractivity contribution in [2.75, 3.05) is 18.4 Å². The van der Waals surface area contributed by atoms with E-state index in [0.717, 1.165) is 24.5 Å². The molecule has 1 aromatic carbocycles. The lowest BCUT2D eigenvalue weighted by Crippen LogP contribution is -2.42. The van der Waals surface area contributed by atoms with Crippen molar-refractivity contribution >= 4 is 5.82 Å². The molecule has 1 atom stereocenters.